The highest BCUT2D eigenvalue weighted by Gasteiger charge is 2.39. The van der Waals surface area contributed by atoms with Crippen molar-refractivity contribution < 1.29 is 29.7 Å². The van der Waals surface area contributed by atoms with E-state index in [2.05, 4.69) is 0 Å². The van der Waals surface area contributed by atoms with E-state index in [1.54, 1.807) is 0 Å². The molecule has 4 atom stereocenters. The smallest absolute Gasteiger partial charge is 0.311 e. The molecule has 8 nitrogen and oxygen atoms in total. The van der Waals surface area contributed by atoms with Gasteiger partial charge in [-0.15, -0.1) is 0 Å². The van der Waals surface area contributed by atoms with Crippen LogP contribution in [0, 0.1) is 10.1 Å². The number of hydrogen-bond acceptors (Lipinski definition) is 7. The molecule has 104 valence electrons. The van der Waals surface area contributed by atoms with E-state index in [9.17, 15) is 25.4 Å². The van der Waals surface area contributed by atoms with Gasteiger partial charge in [0.15, 0.2) is 5.75 Å². The molecule has 0 spiro atoms. The number of aliphatic hydroxyl groups is 3. The van der Waals surface area contributed by atoms with Crippen LogP contribution in [0.15, 0.2) is 24.3 Å². The van der Waals surface area contributed by atoms with Crippen molar-refractivity contribution in [2.45, 2.75) is 24.6 Å². The summed E-state index contributed by atoms with van der Waals surface area (Å²) < 4.78 is 10.2. The Morgan fingerprint density at radius 2 is 1.95 bits per heavy atom. The lowest BCUT2D eigenvalue weighted by Gasteiger charge is -2.34. The van der Waals surface area contributed by atoms with Crippen LogP contribution >= 0.6 is 0 Å². The summed E-state index contributed by atoms with van der Waals surface area (Å²) in [6.07, 6.45) is -5.43. The average Bonchev–Trinajstić information content (AvgIpc) is 2.40. The van der Waals surface area contributed by atoms with Crippen LogP contribution in [0.3, 0.4) is 0 Å². The summed E-state index contributed by atoms with van der Waals surface area (Å²) in [4.78, 5) is 10.2. The highest BCUT2D eigenvalue weighted by molar-refractivity contribution is 5.45. The third-order valence-electron chi connectivity index (χ3n) is 2.76. The molecular formula is C11H13NO7. The van der Waals surface area contributed by atoms with Crippen LogP contribution in [-0.2, 0) is 4.74 Å². The second kappa shape index (κ2) is 5.49. The standard InChI is InChI=1S/C11H13NO7/c13-7-5-18-11(10(15)9(7)14)19-8-4-2-1-3-6(8)12(16)17/h1-4,7,9-11,13-15H,5H2. The average molecular weight is 271 g/mol. The number of ether oxygens (including phenoxy) is 2. The molecule has 8 heteroatoms. The topological polar surface area (TPSA) is 122 Å². The Morgan fingerprint density at radius 1 is 1.26 bits per heavy atom. The molecular weight excluding hydrogens is 258 g/mol. The Morgan fingerprint density at radius 3 is 2.63 bits per heavy atom. The monoisotopic (exact) mass is 271 g/mol. The zero-order valence-corrected chi connectivity index (χ0v) is 9.75. The minimum absolute atomic E-state index is 0.0832. The van der Waals surface area contributed by atoms with Gasteiger partial charge >= 0.3 is 5.69 Å². The first-order valence-corrected chi connectivity index (χ1v) is 5.56. The summed E-state index contributed by atoms with van der Waals surface area (Å²) in [7, 11) is 0. The van der Waals surface area contributed by atoms with Crippen molar-refractivity contribution in [2.24, 2.45) is 0 Å². The fraction of sp³-hybridized carbons (Fsp3) is 0.455. The van der Waals surface area contributed by atoms with Gasteiger partial charge in [0.2, 0.25) is 6.29 Å². The molecule has 19 heavy (non-hydrogen) atoms. The lowest BCUT2D eigenvalue weighted by Crippen LogP contribution is -2.54. The van der Waals surface area contributed by atoms with Crippen molar-refractivity contribution >= 4 is 5.69 Å². The van der Waals surface area contributed by atoms with E-state index in [-0.39, 0.29) is 18.0 Å². The van der Waals surface area contributed by atoms with Gasteiger partial charge in [-0.05, 0) is 6.07 Å². The van der Waals surface area contributed by atoms with Crippen molar-refractivity contribution in [1.29, 1.82) is 0 Å². The Balaban J connectivity index is 2.15. The molecule has 4 unspecified atom stereocenters. The summed E-state index contributed by atoms with van der Waals surface area (Å²) in [5.41, 5.74) is -0.279. The number of aliphatic hydroxyl groups excluding tert-OH is 3. The number of nitrogens with zero attached hydrogens (tertiary/aromatic N) is 1. The van der Waals surface area contributed by atoms with Crippen molar-refractivity contribution in [3.63, 3.8) is 0 Å². The van der Waals surface area contributed by atoms with Gasteiger partial charge in [-0.3, -0.25) is 10.1 Å². The second-order valence-corrected chi connectivity index (χ2v) is 4.09. The number of benzene rings is 1. The zero-order chi connectivity index (χ0) is 14.0. The van der Waals surface area contributed by atoms with Crippen LogP contribution in [-0.4, -0.2) is 51.5 Å². The van der Waals surface area contributed by atoms with Gasteiger partial charge in [-0.1, -0.05) is 12.1 Å². The Bertz CT molecular complexity index is 466. The van der Waals surface area contributed by atoms with Gasteiger partial charge in [0.05, 0.1) is 11.5 Å². The van der Waals surface area contributed by atoms with Gasteiger partial charge in [-0.25, -0.2) is 0 Å². The Labute approximate surface area is 108 Å². The molecule has 1 aliphatic heterocycles. The number of nitro benzene ring substituents is 1. The molecule has 0 bridgehead atoms. The van der Waals surface area contributed by atoms with Crippen LogP contribution in [0.1, 0.15) is 0 Å². The first-order chi connectivity index (χ1) is 9.00. The molecule has 0 amide bonds. The number of hydrogen-bond donors (Lipinski definition) is 3. The van der Waals surface area contributed by atoms with Gasteiger partial charge in [0.1, 0.15) is 18.3 Å². The van der Waals surface area contributed by atoms with Crippen LogP contribution in [0.2, 0.25) is 0 Å². The fourth-order valence-electron chi connectivity index (χ4n) is 1.72. The molecule has 0 saturated carbocycles. The molecule has 1 fully saturated rings. The maximum atomic E-state index is 10.8. The fourth-order valence-corrected chi connectivity index (χ4v) is 1.72. The van der Waals surface area contributed by atoms with E-state index in [1.165, 1.54) is 24.3 Å². The SMILES string of the molecule is O=[N+]([O-])c1ccccc1OC1OCC(O)C(O)C1O. The predicted molar refractivity (Wildman–Crippen MR) is 61.5 cm³/mol. The largest absolute Gasteiger partial charge is 0.455 e. The highest BCUT2D eigenvalue weighted by Crippen LogP contribution is 2.29. The summed E-state index contributed by atoms with van der Waals surface area (Å²) in [5.74, 6) is -0.0832. The molecule has 1 saturated heterocycles. The van der Waals surface area contributed by atoms with E-state index in [0.29, 0.717) is 0 Å². The molecule has 1 aromatic rings. The summed E-state index contributed by atoms with van der Waals surface area (Å²) in [5, 5.41) is 39.2. The van der Waals surface area contributed by atoms with Crippen LogP contribution in [0.25, 0.3) is 0 Å². The molecule has 2 rings (SSSR count). The molecule has 3 N–H and O–H groups in total. The normalized spacial score (nSPS) is 30.9. The van der Waals surface area contributed by atoms with E-state index < -0.39 is 29.5 Å². The Hall–Kier alpha value is -1.74. The van der Waals surface area contributed by atoms with Gasteiger partial charge in [0.25, 0.3) is 0 Å². The molecule has 0 aromatic heterocycles. The number of para-hydroxylation sites is 2. The van der Waals surface area contributed by atoms with Gasteiger partial charge in [0, 0.05) is 6.07 Å². The maximum absolute atomic E-state index is 10.8. The summed E-state index contributed by atoms with van der Waals surface area (Å²) >= 11 is 0. The second-order valence-electron chi connectivity index (χ2n) is 4.09. The maximum Gasteiger partial charge on any atom is 0.311 e. The molecule has 1 aliphatic rings. The third kappa shape index (κ3) is 2.82. The van der Waals surface area contributed by atoms with Crippen molar-refractivity contribution in [3.05, 3.63) is 34.4 Å². The minimum atomic E-state index is -1.50. The van der Waals surface area contributed by atoms with Gasteiger partial charge < -0.3 is 24.8 Å². The molecule has 0 aliphatic carbocycles. The van der Waals surface area contributed by atoms with E-state index >= 15 is 0 Å². The van der Waals surface area contributed by atoms with Crippen LogP contribution in [0.4, 0.5) is 5.69 Å². The molecule has 1 aromatic carbocycles. The lowest BCUT2D eigenvalue weighted by molar-refractivity contribution is -0.386. The summed E-state index contributed by atoms with van der Waals surface area (Å²) in [6, 6.07) is 5.60. The predicted octanol–water partition coefficient (Wildman–Crippen LogP) is -0.587. The number of rotatable bonds is 3. The van der Waals surface area contributed by atoms with Crippen molar-refractivity contribution in [1.82, 2.24) is 0 Å². The molecule has 0 radical (unpaired) electrons. The molecule has 1 heterocycles. The zero-order valence-electron chi connectivity index (χ0n) is 9.75. The first kappa shape index (κ1) is 13.7. The number of nitro groups is 1. The van der Waals surface area contributed by atoms with Gasteiger partial charge in [-0.2, -0.15) is 0 Å². The highest BCUT2D eigenvalue weighted by atomic mass is 16.7. The van der Waals surface area contributed by atoms with Crippen LogP contribution < -0.4 is 4.74 Å². The van der Waals surface area contributed by atoms with Crippen molar-refractivity contribution in [2.75, 3.05) is 6.61 Å². The van der Waals surface area contributed by atoms with Crippen LogP contribution in [0.5, 0.6) is 5.75 Å². The van der Waals surface area contributed by atoms with E-state index in [4.69, 9.17) is 9.47 Å². The summed E-state index contributed by atoms with van der Waals surface area (Å²) in [6.45, 7) is -0.233. The van der Waals surface area contributed by atoms with Crippen molar-refractivity contribution in [3.8, 4) is 5.75 Å². The minimum Gasteiger partial charge on any atom is -0.455 e. The Kier molecular flexibility index (Phi) is 3.96. The first-order valence-electron chi connectivity index (χ1n) is 5.56. The van der Waals surface area contributed by atoms with E-state index in [0.717, 1.165) is 0 Å². The van der Waals surface area contributed by atoms with E-state index in [1.807, 2.05) is 0 Å². The quantitative estimate of drug-likeness (QED) is 0.496. The lowest BCUT2D eigenvalue weighted by atomic mass is 10.1. The third-order valence-corrected chi connectivity index (χ3v) is 2.76.